The number of amides is 1. The fraction of sp³-hybridized carbons (Fsp3) is 0.467. The molecule has 116 valence electrons. The summed E-state index contributed by atoms with van der Waals surface area (Å²) in [6.45, 7) is 3.85. The smallest absolute Gasteiger partial charge is 0.271 e. The second-order valence-electron chi connectivity index (χ2n) is 5.74. The minimum absolute atomic E-state index is 0.00895. The van der Waals surface area contributed by atoms with E-state index in [0.717, 1.165) is 12.8 Å². The Labute approximate surface area is 128 Å². The van der Waals surface area contributed by atoms with Crippen LogP contribution in [-0.4, -0.2) is 43.6 Å². The van der Waals surface area contributed by atoms with Crippen LogP contribution < -0.4 is 5.56 Å². The van der Waals surface area contributed by atoms with Gasteiger partial charge in [0.15, 0.2) is 0 Å². The number of likely N-dealkylation sites (tertiary alicyclic amines) is 1. The Bertz CT molecular complexity index is 699. The Morgan fingerprint density at radius 1 is 1.41 bits per heavy atom. The van der Waals surface area contributed by atoms with Crippen molar-refractivity contribution in [2.45, 2.75) is 26.3 Å². The van der Waals surface area contributed by atoms with E-state index in [2.05, 4.69) is 15.2 Å². The number of nitrogens with zero attached hydrogens (tertiary/aromatic N) is 4. The lowest BCUT2D eigenvalue weighted by Crippen LogP contribution is -2.40. The third-order valence-electron chi connectivity index (χ3n) is 4.16. The van der Waals surface area contributed by atoms with E-state index in [0.29, 0.717) is 36.8 Å². The van der Waals surface area contributed by atoms with Gasteiger partial charge in [-0.05, 0) is 31.7 Å². The van der Waals surface area contributed by atoms with Crippen LogP contribution in [0.5, 0.6) is 0 Å². The van der Waals surface area contributed by atoms with E-state index in [1.54, 1.807) is 36.3 Å². The maximum absolute atomic E-state index is 12.2. The molecule has 7 nitrogen and oxygen atoms in total. The lowest BCUT2D eigenvalue weighted by Gasteiger charge is -2.31. The number of nitrogens with one attached hydrogen (secondary N) is 1. The standard InChI is InChI=1S/C15H19N5O2/c1-11-8-16-10-20(14(11)21)9-12-3-6-19(7-4-12)15(22)13-2-5-17-18-13/h2,5,8,10,12H,3-4,6-7,9H2,1H3,(H,17,18). The van der Waals surface area contributed by atoms with Crippen molar-refractivity contribution >= 4 is 5.91 Å². The number of aromatic nitrogens is 4. The minimum atomic E-state index is -0.00895. The van der Waals surface area contributed by atoms with Crippen molar-refractivity contribution in [2.24, 2.45) is 5.92 Å². The summed E-state index contributed by atoms with van der Waals surface area (Å²) in [6, 6.07) is 1.69. The maximum atomic E-state index is 12.2. The normalized spacial score (nSPS) is 16.0. The zero-order chi connectivity index (χ0) is 15.5. The molecule has 2 aromatic heterocycles. The second-order valence-corrected chi connectivity index (χ2v) is 5.74. The quantitative estimate of drug-likeness (QED) is 0.910. The van der Waals surface area contributed by atoms with Gasteiger partial charge in [-0.3, -0.25) is 19.3 Å². The molecule has 1 saturated heterocycles. The van der Waals surface area contributed by atoms with E-state index >= 15 is 0 Å². The van der Waals surface area contributed by atoms with Crippen LogP contribution in [0.1, 0.15) is 28.9 Å². The first-order chi connectivity index (χ1) is 10.6. The first-order valence-electron chi connectivity index (χ1n) is 7.45. The molecule has 1 N–H and O–H groups in total. The van der Waals surface area contributed by atoms with Crippen LogP contribution in [0.3, 0.4) is 0 Å². The minimum Gasteiger partial charge on any atom is -0.337 e. The summed E-state index contributed by atoms with van der Waals surface area (Å²) in [5.41, 5.74) is 1.21. The Hall–Kier alpha value is -2.44. The van der Waals surface area contributed by atoms with Crippen molar-refractivity contribution in [1.82, 2.24) is 24.6 Å². The second kappa shape index (κ2) is 6.13. The Morgan fingerprint density at radius 3 is 2.86 bits per heavy atom. The molecule has 3 rings (SSSR count). The summed E-state index contributed by atoms with van der Waals surface area (Å²) in [5.74, 6) is 0.387. The van der Waals surface area contributed by atoms with Gasteiger partial charge >= 0.3 is 0 Å². The van der Waals surface area contributed by atoms with Gasteiger partial charge in [0.25, 0.3) is 11.5 Å². The zero-order valence-electron chi connectivity index (χ0n) is 12.5. The molecule has 1 aliphatic rings. The first-order valence-corrected chi connectivity index (χ1v) is 7.45. The van der Waals surface area contributed by atoms with Crippen LogP contribution in [-0.2, 0) is 6.54 Å². The molecule has 2 aromatic rings. The van der Waals surface area contributed by atoms with Crippen molar-refractivity contribution in [1.29, 1.82) is 0 Å². The van der Waals surface area contributed by atoms with Crippen LogP contribution in [0.25, 0.3) is 0 Å². The van der Waals surface area contributed by atoms with Gasteiger partial charge in [0.1, 0.15) is 5.69 Å². The number of aryl methyl sites for hydroxylation is 1. The van der Waals surface area contributed by atoms with E-state index in [1.165, 1.54) is 0 Å². The Kier molecular flexibility index (Phi) is 4.04. The molecule has 0 radical (unpaired) electrons. The highest BCUT2D eigenvalue weighted by Crippen LogP contribution is 2.19. The third kappa shape index (κ3) is 2.93. The fourth-order valence-corrected chi connectivity index (χ4v) is 2.83. The number of piperidine rings is 1. The van der Waals surface area contributed by atoms with Crippen molar-refractivity contribution < 1.29 is 4.79 Å². The van der Waals surface area contributed by atoms with E-state index in [1.807, 2.05) is 4.90 Å². The Morgan fingerprint density at radius 2 is 2.18 bits per heavy atom. The van der Waals surface area contributed by atoms with E-state index in [4.69, 9.17) is 0 Å². The van der Waals surface area contributed by atoms with Crippen molar-refractivity contribution in [3.8, 4) is 0 Å². The largest absolute Gasteiger partial charge is 0.337 e. The molecule has 1 amide bonds. The van der Waals surface area contributed by atoms with Crippen LogP contribution in [0, 0.1) is 12.8 Å². The molecular weight excluding hydrogens is 282 g/mol. The summed E-state index contributed by atoms with van der Waals surface area (Å²) in [7, 11) is 0. The molecule has 0 aliphatic carbocycles. The molecule has 22 heavy (non-hydrogen) atoms. The van der Waals surface area contributed by atoms with Crippen LogP contribution in [0.4, 0.5) is 0 Å². The van der Waals surface area contributed by atoms with Crippen molar-refractivity contribution in [2.75, 3.05) is 13.1 Å². The van der Waals surface area contributed by atoms with Gasteiger partial charge in [0, 0.05) is 37.6 Å². The lowest BCUT2D eigenvalue weighted by atomic mass is 9.96. The number of hydrogen-bond acceptors (Lipinski definition) is 4. The van der Waals surface area contributed by atoms with E-state index < -0.39 is 0 Å². The maximum Gasteiger partial charge on any atom is 0.271 e. The number of aromatic amines is 1. The average molecular weight is 301 g/mol. The molecule has 0 bridgehead atoms. The number of H-pyrrole nitrogens is 1. The molecule has 1 aliphatic heterocycles. The molecular formula is C15H19N5O2. The topological polar surface area (TPSA) is 83.9 Å². The van der Waals surface area contributed by atoms with Crippen molar-refractivity contribution in [3.05, 3.63) is 46.4 Å². The number of carbonyl (C=O) groups excluding carboxylic acids is 1. The SMILES string of the molecule is Cc1cncn(CC2CCN(C(=O)c3ccn[nH]3)CC2)c1=O. The predicted octanol–water partition coefficient (Wildman–Crippen LogP) is 0.827. The average Bonchev–Trinajstić information content (AvgIpc) is 3.06. The molecule has 3 heterocycles. The summed E-state index contributed by atoms with van der Waals surface area (Å²) < 4.78 is 1.67. The summed E-state index contributed by atoms with van der Waals surface area (Å²) in [4.78, 5) is 30.1. The molecule has 7 heteroatoms. The molecule has 0 aromatic carbocycles. The van der Waals surface area contributed by atoms with Crippen LogP contribution in [0.15, 0.2) is 29.6 Å². The predicted molar refractivity (Wildman–Crippen MR) is 80.4 cm³/mol. The highest BCUT2D eigenvalue weighted by atomic mass is 16.2. The first kappa shape index (κ1) is 14.5. The van der Waals surface area contributed by atoms with Gasteiger partial charge in [-0.2, -0.15) is 5.10 Å². The molecule has 0 unspecified atom stereocenters. The lowest BCUT2D eigenvalue weighted by molar-refractivity contribution is 0.0676. The van der Waals surface area contributed by atoms with Gasteiger partial charge in [-0.1, -0.05) is 0 Å². The zero-order valence-corrected chi connectivity index (χ0v) is 12.5. The Balaban J connectivity index is 1.59. The van der Waals surface area contributed by atoms with Gasteiger partial charge in [-0.25, -0.2) is 4.98 Å². The summed E-state index contributed by atoms with van der Waals surface area (Å²) in [6.07, 6.45) is 6.54. The molecule has 0 saturated carbocycles. The van der Waals surface area contributed by atoms with Crippen LogP contribution >= 0.6 is 0 Å². The summed E-state index contributed by atoms with van der Waals surface area (Å²) in [5, 5.41) is 6.51. The number of rotatable bonds is 3. The fourth-order valence-electron chi connectivity index (χ4n) is 2.83. The molecule has 0 atom stereocenters. The highest BCUT2D eigenvalue weighted by molar-refractivity contribution is 5.92. The van der Waals surface area contributed by atoms with Gasteiger partial charge in [-0.15, -0.1) is 0 Å². The van der Waals surface area contributed by atoms with Gasteiger partial charge in [0.2, 0.25) is 0 Å². The van der Waals surface area contributed by atoms with Crippen LogP contribution in [0.2, 0.25) is 0 Å². The van der Waals surface area contributed by atoms with Gasteiger partial charge in [0.05, 0.1) is 6.33 Å². The molecule has 1 fully saturated rings. The third-order valence-corrected chi connectivity index (χ3v) is 4.16. The number of carbonyl (C=O) groups is 1. The van der Waals surface area contributed by atoms with Gasteiger partial charge < -0.3 is 4.90 Å². The van der Waals surface area contributed by atoms with Crippen molar-refractivity contribution in [3.63, 3.8) is 0 Å². The monoisotopic (exact) mass is 301 g/mol. The van der Waals surface area contributed by atoms with E-state index in [-0.39, 0.29) is 11.5 Å². The molecule has 0 spiro atoms. The number of hydrogen-bond donors (Lipinski definition) is 1. The summed E-state index contributed by atoms with van der Waals surface area (Å²) >= 11 is 0. The highest BCUT2D eigenvalue weighted by Gasteiger charge is 2.24. The van der Waals surface area contributed by atoms with E-state index in [9.17, 15) is 9.59 Å².